The van der Waals surface area contributed by atoms with E-state index in [9.17, 15) is 4.79 Å². The Hall–Kier alpha value is -1.40. The lowest BCUT2D eigenvalue weighted by atomic mass is 10.0. The molecular formula is C18H30N4O2. The number of hydrogen-bond donors (Lipinski definition) is 0. The Labute approximate surface area is 144 Å². The summed E-state index contributed by atoms with van der Waals surface area (Å²) in [6.07, 6.45) is 6.12. The number of amides is 1. The van der Waals surface area contributed by atoms with Crippen molar-refractivity contribution < 1.29 is 9.53 Å². The van der Waals surface area contributed by atoms with Crippen LogP contribution in [0.4, 0.5) is 0 Å². The summed E-state index contributed by atoms with van der Waals surface area (Å²) in [5, 5.41) is 0. The summed E-state index contributed by atoms with van der Waals surface area (Å²) in [5.74, 6) is 1.78. The third-order valence-corrected chi connectivity index (χ3v) is 5.27. The van der Waals surface area contributed by atoms with Gasteiger partial charge in [0.05, 0.1) is 25.3 Å². The Balaban J connectivity index is 1.66. The van der Waals surface area contributed by atoms with Gasteiger partial charge in [-0.2, -0.15) is 0 Å². The van der Waals surface area contributed by atoms with Crippen LogP contribution < -0.4 is 0 Å². The molecule has 24 heavy (non-hydrogen) atoms. The highest BCUT2D eigenvalue weighted by atomic mass is 16.5. The fraction of sp³-hybridized carbons (Fsp3) is 0.778. The number of nitrogens with zero attached hydrogens (tertiary/aromatic N) is 4. The number of carbonyl (C=O) groups excluding carboxylic acids is 1. The van der Waals surface area contributed by atoms with Crippen molar-refractivity contribution in [2.24, 2.45) is 0 Å². The molecule has 0 saturated carbocycles. The molecule has 0 radical (unpaired) electrons. The van der Waals surface area contributed by atoms with E-state index in [0.29, 0.717) is 12.0 Å². The topological polar surface area (TPSA) is 50.6 Å². The lowest BCUT2D eigenvalue weighted by Gasteiger charge is -2.39. The van der Waals surface area contributed by atoms with Gasteiger partial charge in [0, 0.05) is 44.5 Å². The molecule has 3 heterocycles. The molecular weight excluding hydrogens is 304 g/mol. The fourth-order valence-electron chi connectivity index (χ4n) is 3.85. The van der Waals surface area contributed by atoms with Gasteiger partial charge in [0.2, 0.25) is 5.91 Å². The number of rotatable bonds is 4. The first kappa shape index (κ1) is 17.4. The summed E-state index contributed by atoms with van der Waals surface area (Å²) < 4.78 is 7.68. The summed E-state index contributed by atoms with van der Waals surface area (Å²) in [7, 11) is 0. The highest BCUT2D eigenvalue weighted by molar-refractivity contribution is 5.81. The number of likely N-dealkylation sites (tertiary alicyclic amines) is 1. The normalized spacial score (nSPS) is 24.3. The Morgan fingerprint density at radius 1 is 1.25 bits per heavy atom. The molecule has 1 aromatic rings. The molecule has 0 spiro atoms. The van der Waals surface area contributed by atoms with Crippen molar-refractivity contribution in [1.29, 1.82) is 0 Å². The van der Waals surface area contributed by atoms with Crippen molar-refractivity contribution in [3.63, 3.8) is 0 Å². The monoisotopic (exact) mass is 334 g/mol. The maximum absolute atomic E-state index is 12.9. The number of ether oxygens (including phenoxy) is 1. The quantitative estimate of drug-likeness (QED) is 0.844. The maximum atomic E-state index is 12.9. The largest absolute Gasteiger partial charge is 0.379 e. The van der Waals surface area contributed by atoms with Crippen LogP contribution in [-0.4, -0.2) is 70.7 Å². The van der Waals surface area contributed by atoms with E-state index < -0.39 is 0 Å². The summed E-state index contributed by atoms with van der Waals surface area (Å²) >= 11 is 0. The molecule has 1 aromatic heterocycles. The van der Waals surface area contributed by atoms with Gasteiger partial charge in [0.25, 0.3) is 0 Å². The SMILES string of the molecule is CC(C)c1nccn1C1CCCN(C(=O)C(C)N2CCOCC2)C1. The van der Waals surface area contributed by atoms with E-state index >= 15 is 0 Å². The number of imidazole rings is 1. The first-order valence-corrected chi connectivity index (χ1v) is 9.21. The van der Waals surface area contributed by atoms with E-state index in [0.717, 1.165) is 58.1 Å². The molecule has 134 valence electrons. The van der Waals surface area contributed by atoms with E-state index in [2.05, 4.69) is 39.4 Å². The summed E-state index contributed by atoms with van der Waals surface area (Å²) in [6, 6.07) is 0.291. The second-order valence-electron chi connectivity index (χ2n) is 7.25. The molecule has 2 atom stereocenters. The van der Waals surface area contributed by atoms with E-state index in [-0.39, 0.29) is 11.9 Å². The standard InChI is InChI=1S/C18H30N4O2/c1-14(2)17-19-6-8-22(17)16-5-4-7-21(13-16)18(23)15(3)20-9-11-24-12-10-20/h6,8,14-16H,4-5,7,9-13H2,1-3H3. The van der Waals surface area contributed by atoms with Crippen LogP contribution in [0.5, 0.6) is 0 Å². The molecule has 6 heteroatoms. The summed E-state index contributed by atoms with van der Waals surface area (Å²) in [5.41, 5.74) is 0. The molecule has 2 aliphatic heterocycles. The summed E-state index contributed by atoms with van der Waals surface area (Å²) in [4.78, 5) is 21.8. The third kappa shape index (κ3) is 3.64. The zero-order valence-electron chi connectivity index (χ0n) is 15.1. The number of aromatic nitrogens is 2. The van der Waals surface area contributed by atoms with E-state index in [1.807, 2.05) is 13.1 Å². The van der Waals surface area contributed by atoms with Gasteiger partial charge in [0.15, 0.2) is 0 Å². The maximum Gasteiger partial charge on any atom is 0.239 e. The Bertz CT molecular complexity index is 551. The van der Waals surface area contributed by atoms with Crippen LogP contribution in [0.3, 0.4) is 0 Å². The van der Waals surface area contributed by atoms with Crippen LogP contribution in [0.25, 0.3) is 0 Å². The van der Waals surface area contributed by atoms with Gasteiger partial charge in [-0.1, -0.05) is 13.8 Å². The van der Waals surface area contributed by atoms with Crippen LogP contribution in [0, 0.1) is 0 Å². The van der Waals surface area contributed by atoms with Crippen molar-refractivity contribution in [2.45, 2.75) is 51.6 Å². The lowest BCUT2D eigenvalue weighted by molar-refractivity contribution is -0.139. The molecule has 0 aliphatic carbocycles. The molecule has 2 fully saturated rings. The number of hydrogen-bond acceptors (Lipinski definition) is 4. The van der Waals surface area contributed by atoms with E-state index in [1.165, 1.54) is 0 Å². The van der Waals surface area contributed by atoms with Crippen LogP contribution in [0.1, 0.15) is 51.4 Å². The Morgan fingerprint density at radius 3 is 2.71 bits per heavy atom. The van der Waals surface area contributed by atoms with Gasteiger partial charge >= 0.3 is 0 Å². The first-order chi connectivity index (χ1) is 11.6. The van der Waals surface area contributed by atoms with Gasteiger partial charge in [-0.25, -0.2) is 4.98 Å². The van der Waals surface area contributed by atoms with E-state index in [4.69, 9.17) is 4.74 Å². The highest BCUT2D eigenvalue weighted by Gasteiger charge is 2.31. The second kappa shape index (κ2) is 7.66. The molecule has 2 unspecified atom stereocenters. The van der Waals surface area contributed by atoms with E-state index in [1.54, 1.807) is 0 Å². The average Bonchev–Trinajstić information content (AvgIpc) is 3.11. The molecule has 0 aromatic carbocycles. The van der Waals surface area contributed by atoms with Crippen molar-refractivity contribution >= 4 is 5.91 Å². The highest BCUT2D eigenvalue weighted by Crippen LogP contribution is 2.26. The molecule has 0 bridgehead atoms. The van der Waals surface area contributed by atoms with Crippen molar-refractivity contribution in [2.75, 3.05) is 39.4 Å². The third-order valence-electron chi connectivity index (χ3n) is 5.27. The second-order valence-corrected chi connectivity index (χ2v) is 7.25. The zero-order valence-corrected chi connectivity index (χ0v) is 15.1. The van der Waals surface area contributed by atoms with Gasteiger partial charge < -0.3 is 14.2 Å². The minimum Gasteiger partial charge on any atom is -0.379 e. The number of piperidine rings is 1. The Morgan fingerprint density at radius 2 is 2.00 bits per heavy atom. The fourth-order valence-corrected chi connectivity index (χ4v) is 3.85. The number of carbonyl (C=O) groups is 1. The number of morpholine rings is 1. The minimum absolute atomic E-state index is 0.0555. The zero-order chi connectivity index (χ0) is 17.1. The van der Waals surface area contributed by atoms with Crippen LogP contribution in [0.2, 0.25) is 0 Å². The Kier molecular flexibility index (Phi) is 5.56. The summed E-state index contributed by atoms with van der Waals surface area (Å²) in [6.45, 7) is 11.2. The van der Waals surface area contributed by atoms with Gasteiger partial charge in [-0.3, -0.25) is 9.69 Å². The molecule has 1 amide bonds. The van der Waals surface area contributed by atoms with Gasteiger partial charge in [-0.15, -0.1) is 0 Å². The van der Waals surface area contributed by atoms with Gasteiger partial charge in [0.1, 0.15) is 5.82 Å². The van der Waals surface area contributed by atoms with Crippen LogP contribution in [0.15, 0.2) is 12.4 Å². The first-order valence-electron chi connectivity index (χ1n) is 9.21. The van der Waals surface area contributed by atoms with Crippen LogP contribution in [-0.2, 0) is 9.53 Å². The predicted octanol–water partition coefficient (Wildman–Crippen LogP) is 1.89. The molecule has 2 saturated heterocycles. The van der Waals surface area contributed by atoms with Crippen molar-refractivity contribution in [3.05, 3.63) is 18.2 Å². The smallest absolute Gasteiger partial charge is 0.239 e. The van der Waals surface area contributed by atoms with Crippen LogP contribution >= 0.6 is 0 Å². The van der Waals surface area contributed by atoms with Gasteiger partial charge in [-0.05, 0) is 19.8 Å². The molecule has 6 nitrogen and oxygen atoms in total. The predicted molar refractivity (Wildman–Crippen MR) is 93.0 cm³/mol. The average molecular weight is 334 g/mol. The minimum atomic E-state index is -0.0555. The van der Waals surface area contributed by atoms with Crippen molar-refractivity contribution in [3.8, 4) is 0 Å². The van der Waals surface area contributed by atoms with Crippen molar-refractivity contribution in [1.82, 2.24) is 19.4 Å². The lowest BCUT2D eigenvalue weighted by Crippen LogP contribution is -2.53. The molecule has 3 rings (SSSR count). The molecule has 0 N–H and O–H groups in total. The molecule has 2 aliphatic rings.